The van der Waals surface area contributed by atoms with E-state index in [1.165, 1.54) is 18.6 Å². The van der Waals surface area contributed by atoms with E-state index in [2.05, 4.69) is 22.9 Å². The zero-order valence-electron chi connectivity index (χ0n) is 13.0. The van der Waals surface area contributed by atoms with Crippen LogP contribution in [0.3, 0.4) is 0 Å². The summed E-state index contributed by atoms with van der Waals surface area (Å²) in [5, 5.41) is 20.9. The van der Waals surface area contributed by atoms with Crippen LogP contribution in [0.25, 0.3) is 10.9 Å². The fraction of sp³-hybridized carbons (Fsp3) is 0.412. The third kappa shape index (κ3) is 2.82. The van der Waals surface area contributed by atoms with Crippen molar-refractivity contribution in [2.45, 2.75) is 38.6 Å². The third-order valence-electron chi connectivity index (χ3n) is 4.50. The standard InChI is InChI=1S/C17H18N4O2/c1-2-13-5-3-4-8-20(13)17-9-12(11-18)15-10-14(21(22)23)6-7-16(15)19-17/h6-7,9-10,13H,2-5,8H2,1H3. The fourth-order valence-electron chi connectivity index (χ4n) is 3.28. The Hall–Kier alpha value is -2.68. The normalized spacial score (nSPS) is 17.9. The first kappa shape index (κ1) is 15.2. The average Bonchev–Trinajstić information content (AvgIpc) is 2.60. The molecule has 6 nitrogen and oxygen atoms in total. The minimum Gasteiger partial charge on any atom is -0.354 e. The van der Waals surface area contributed by atoms with Crippen molar-refractivity contribution in [2.24, 2.45) is 0 Å². The second-order valence-electron chi connectivity index (χ2n) is 5.85. The molecule has 0 spiro atoms. The van der Waals surface area contributed by atoms with Crippen LogP contribution in [0, 0.1) is 21.4 Å². The summed E-state index contributed by atoms with van der Waals surface area (Å²) in [7, 11) is 0. The largest absolute Gasteiger partial charge is 0.354 e. The van der Waals surface area contributed by atoms with Crippen LogP contribution in [0.2, 0.25) is 0 Å². The van der Waals surface area contributed by atoms with Gasteiger partial charge in [0.05, 0.1) is 22.1 Å². The number of fused-ring (bicyclic) bond motifs is 1. The molecule has 0 amide bonds. The van der Waals surface area contributed by atoms with Crippen LogP contribution in [0.5, 0.6) is 0 Å². The van der Waals surface area contributed by atoms with E-state index < -0.39 is 4.92 Å². The first-order valence-electron chi connectivity index (χ1n) is 7.90. The van der Waals surface area contributed by atoms with E-state index >= 15 is 0 Å². The molecule has 1 saturated heterocycles. The summed E-state index contributed by atoms with van der Waals surface area (Å²) < 4.78 is 0. The predicted octanol–water partition coefficient (Wildman–Crippen LogP) is 3.78. The van der Waals surface area contributed by atoms with Crippen molar-refractivity contribution in [3.05, 3.63) is 39.9 Å². The minimum absolute atomic E-state index is 0.0204. The Morgan fingerprint density at radius 1 is 1.43 bits per heavy atom. The summed E-state index contributed by atoms with van der Waals surface area (Å²) in [6, 6.07) is 8.86. The van der Waals surface area contributed by atoms with E-state index in [1.807, 2.05) is 0 Å². The molecule has 2 aromatic rings. The second kappa shape index (κ2) is 6.21. The van der Waals surface area contributed by atoms with Crippen LogP contribution in [0.15, 0.2) is 24.3 Å². The van der Waals surface area contributed by atoms with Gasteiger partial charge in [-0.25, -0.2) is 4.98 Å². The molecule has 1 unspecified atom stereocenters. The number of aromatic nitrogens is 1. The van der Waals surface area contributed by atoms with Crippen LogP contribution < -0.4 is 4.90 Å². The molecule has 1 fully saturated rings. The number of nitrogens with zero attached hydrogens (tertiary/aromatic N) is 4. The van der Waals surface area contributed by atoms with Gasteiger partial charge in [0.15, 0.2) is 0 Å². The van der Waals surface area contributed by atoms with Gasteiger partial charge in [0.1, 0.15) is 5.82 Å². The number of nitriles is 1. The first-order valence-corrected chi connectivity index (χ1v) is 7.90. The van der Waals surface area contributed by atoms with E-state index in [0.717, 1.165) is 31.6 Å². The molecule has 2 heterocycles. The summed E-state index contributed by atoms with van der Waals surface area (Å²) in [4.78, 5) is 17.4. The lowest BCUT2D eigenvalue weighted by atomic mass is 9.99. The Morgan fingerprint density at radius 2 is 2.26 bits per heavy atom. The summed E-state index contributed by atoms with van der Waals surface area (Å²) in [6.45, 7) is 3.10. The third-order valence-corrected chi connectivity index (χ3v) is 4.50. The van der Waals surface area contributed by atoms with Crippen molar-refractivity contribution in [1.29, 1.82) is 5.26 Å². The molecule has 23 heavy (non-hydrogen) atoms. The molecule has 0 saturated carbocycles. The lowest BCUT2D eigenvalue weighted by Crippen LogP contribution is -2.39. The zero-order chi connectivity index (χ0) is 16.4. The Labute approximate surface area is 134 Å². The van der Waals surface area contributed by atoms with Gasteiger partial charge in [-0.3, -0.25) is 10.1 Å². The highest BCUT2D eigenvalue weighted by Crippen LogP contribution is 2.30. The van der Waals surface area contributed by atoms with Crippen LogP contribution in [0.1, 0.15) is 38.2 Å². The quantitative estimate of drug-likeness (QED) is 0.636. The maximum atomic E-state index is 10.9. The van der Waals surface area contributed by atoms with Crippen molar-refractivity contribution >= 4 is 22.4 Å². The van der Waals surface area contributed by atoms with Gasteiger partial charge in [-0.05, 0) is 37.8 Å². The van der Waals surface area contributed by atoms with Gasteiger partial charge in [-0.2, -0.15) is 5.26 Å². The average molecular weight is 310 g/mol. The van der Waals surface area contributed by atoms with Gasteiger partial charge in [0, 0.05) is 30.1 Å². The minimum atomic E-state index is -0.452. The molecule has 1 aromatic carbocycles. The summed E-state index contributed by atoms with van der Waals surface area (Å²) in [5.74, 6) is 0.800. The Balaban J connectivity index is 2.11. The number of non-ortho nitro benzene ring substituents is 1. The molecular formula is C17H18N4O2. The van der Waals surface area contributed by atoms with Crippen LogP contribution in [-0.4, -0.2) is 22.5 Å². The summed E-state index contributed by atoms with van der Waals surface area (Å²) >= 11 is 0. The number of benzene rings is 1. The number of hydrogen-bond donors (Lipinski definition) is 0. The Morgan fingerprint density at radius 3 is 2.96 bits per heavy atom. The number of nitro benzene ring substituents is 1. The molecule has 1 aliphatic rings. The lowest BCUT2D eigenvalue weighted by molar-refractivity contribution is -0.384. The molecule has 118 valence electrons. The highest BCUT2D eigenvalue weighted by Gasteiger charge is 2.23. The number of pyridine rings is 1. The van der Waals surface area contributed by atoms with E-state index in [0.29, 0.717) is 22.5 Å². The van der Waals surface area contributed by atoms with Crippen molar-refractivity contribution in [1.82, 2.24) is 4.98 Å². The van der Waals surface area contributed by atoms with Crippen LogP contribution in [0.4, 0.5) is 11.5 Å². The monoisotopic (exact) mass is 310 g/mol. The van der Waals surface area contributed by atoms with Gasteiger partial charge in [-0.15, -0.1) is 0 Å². The second-order valence-corrected chi connectivity index (χ2v) is 5.85. The number of piperidine rings is 1. The van der Waals surface area contributed by atoms with Gasteiger partial charge >= 0.3 is 0 Å². The van der Waals surface area contributed by atoms with Crippen LogP contribution >= 0.6 is 0 Å². The number of anilines is 1. The zero-order valence-corrected chi connectivity index (χ0v) is 13.0. The Bertz CT molecular complexity index is 797. The van der Waals surface area contributed by atoms with Crippen LogP contribution in [-0.2, 0) is 0 Å². The maximum Gasteiger partial charge on any atom is 0.270 e. The Kier molecular flexibility index (Phi) is 4.11. The maximum absolute atomic E-state index is 10.9. The molecule has 1 atom stereocenters. The summed E-state index contributed by atoms with van der Waals surface area (Å²) in [5.41, 5.74) is 1.05. The molecule has 0 bridgehead atoms. The first-order chi connectivity index (χ1) is 11.1. The molecule has 0 N–H and O–H groups in total. The van der Waals surface area contributed by atoms with E-state index in [1.54, 1.807) is 12.1 Å². The molecule has 1 aliphatic heterocycles. The van der Waals surface area contributed by atoms with E-state index in [-0.39, 0.29) is 5.69 Å². The van der Waals surface area contributed by atoms with E-state index in [4.69, 9.17) is 0 Å². The van der Waals surface area contributed by atoms with Gasteiger partial charge in [0.25, 0.3) is 5.69 Å². The van der Waals surface area contributed by atoms with E-state index in [9.17, 15) is 15.4 Å². The molecule has 0 aliphatic carbocycles. The number of nitro groups is 1. The predicted molar refractivity (Wildman–Crippen MR) is 88.4 cm³/mol. The number of hydrogen-bond acceptors (Lipinski definition) is 5. The topological polar surface area (TPSA) is 83.1 Å². The molecule has 6 heteroatoms. The molecule has 1 aromatic heterocycles. The van der Waals surface area contributed by atoms with Crippen molar-refractivity contribution in [2.75, 3.05) is 11.4 Å². The van der Waals surface area contributed by atoms with Crippen molar-refractivity contribution in [3.8, 4) is 6.07 Å². The van der Waals surface area contributed by atoms with Gasteiger partial charge in [-0.1, -0.05) is 6.92 Å². The smallest absolute Gasteiger partial charge is 0.270 e. The highest BCUT2D eigenvalue weighted by atomic mass is 16.6. The molecular weight excluding hydrogens is 292 g/mol. The lowest BCUT2D eigenvalue weighted by Gasteiger charge is -2.36. The fourth-order valence-corrected chi connectivity index (χ4v) is 3.28. The van der Waals surface area contributed by atoms with Gasteiger partial charge in [0.2, 0.25) is 0 Å². The highest BCUT2D eigenvalue weighted by molar-refractivity contribution is 5.88. The summed E-state index contributed by atoms with van der Waals surface area (Å²) in [6.07, 6.45) is 4.53. The van der Waals surface area contributed by atoms with Gasteiger partial charge < -0.3 is 4.90 Å². The molecule has 0 radical (unpaired) electrons. The van der Waals surface area contributed by atoms with Crippen molar-refractivity contribution < 1.29 is 4.92 Å². The SMILES string of the molecule is CCC1CCCCN1c1cc(C#N)c2cc([N+](=O)[O-])ccc2n1. The number of rotatable bonds is 3. The van der Waals surface area contributed by atoms with Crippen molar-refractivity contribution in [3.63, 3.8) is 0 Å². The molecule has 3 rings (SSSR count).